The number of nitrogens with one attached hydrogen (secondary N) is 2. The van der Waals surface area contributed by atoms with Gasteiger partial charge in [0.15, 0.2) is 0 Å². The number of aromatic nitrogens is 1. The molecule has 0 bridgehead atoms. The van der Waals surface area contributed by atoms with Gasteiger partial charge in [-0.05, 0) is 24.6 Å². The molecule has 2 fully saturated rings. The summed E-state index contributed by atoms with van der Waals surface area (Å²) in [5.74, 6) is 0.550. The molecule has 1 aromatic carbocycles. The van der Waals surface area contributed by atoms with E-state index in [1.54, 1.807) is 5.51 Å². The molecule has 1 unspecified atom stereocenters. The van der Waals surface area contributed by atoms with Gasteiger partial charge in [0, 0.05) is 12.2 Å². The molecule has 0 saturated carbocycles. The van der Waals surface area contributed by atoms with E-state index < -0.39 is 5.54 Å². The normalized spacial score (nSPS) is 26.2. The number of hydrogen-bond acceptors (Lipinski definition) is 5. The molecule has 2 N–H and O–H groups in total. The van der Waals surface area contributed by atoms with Crippen LogP contribution >= 0.6 is 11.3 Å². The van der Waals surface area contributed by atoms with Crippen LogP contribution in [0.5, 0.6) is 0 Å². The quantitative estimate of drug-likeness (QED) is 0.833. The Balaban J connectivity index is 1.68. The van der Waals surface area contributed by atoms with Gasteiger partial charge in [-0.15, -0.1) is 11.3 Å². The van der Waals surface area contributed by atoms with Crippen molar-refractivity contribution in [3.63, 3.8) is 0 Å². The molecule has 1 spiro atoms. The maximum absolute atomic E-state index is 12.1. The lowest BCUT2D eigenvalue weighted by Crippen LogP contribution is -2.48. The Morgan fingerprint density at radius 3 is 3.30 bits per heavy atom. The molecule has 3 heterocycles. The Bertz CT molecular complexity index is 773. The first-order valence-corrected chi connectivity index (χ1v) is 7.33. The van der Waals surface area contributed by atoms with Crippen LogP contribution in [-0.4, -0.2) is 29.5 Å². The van der Waals surface area contributed by atoms with E-state index in [1.807, 2.05) is 12.1 Å². The van der Waals surface area contributed by atoms with E-state index in [1.165, 1.54) is 11.3 Å². The van der Waals surface area contributed by atoms with Gasteiger partial charge >= 0.3 is 0 Å². The van der Waals surface area contributed by atoms with E-state index in [9.17, 15) is 4.79 Å². The van der Waals surface area contributed by atoms with Crippen molar-refractivity contribution < 1.29 is 6.17 Å². The van der Waals surface area contributed by atoms with Crippen molar-refractivity contribution >= 4 is 33.1 Å². The SMILES string of the molecule is [3H]c1cc(N2CCC3(C2)NC(=C)NC3=O)cc2ncsc12. The number of hydrogen-bond donors (Lipinski definition) is 2. The molecule has 1 amide bonds. The highest BCUT2D eigenvalue weighted by molar-refractivity contribution is 7.16. The van der Waals surface area contributed by atoms with E-state index in [-0.39, 0.29) is 5.91 Å². The van der Waals surface area contributed by atoms with Crippen molar-refractivity contribution in [3.05, 3.63) is 36.1 Å². The van der Waals surface area contributed by atoms with E-state index in [0.29, 0.717) is 18.4 Å². The predicted molar refractivity (Wildman–Crippen MR) is 79.6 cm³/mol. The van der Waals surface area contributed by atoms with Crippen molar-refractivity contribution in [1.82, 2.24) is 15.6 Å². The van der Waals surface area contributed by atoms with Crippen LogP contribution in [0.15, 0.2) is 36.1 Å². The van der Waals surface area contributed by atoms with E-state index in [0.717, 1.165) is 28.9 Å². The average Bonchev–Trinajstić information content (AvgIpc) is 3.10. The number of carbonyl (C=O) groups is 1. The number of fused-ring (bicyclic) bond motifs is 1. The summed E-state index contributed by atoms with van der Waals surface area (Å²) in [7, 11) is 0. The molecule has 2 aliphatic rings. The van der Waals surface area contributed by atoms with Crippen LogP contribution in [0.1, 0.15) is 7.79 Å². The molecule has 5 nitrogen and oxygen atoms in total. The summed E-state index contributed by atoms with van der Waals surface area (Å²) < 4.78 is 8.99. The number of benzene rings is 1. The van der Waals surface area contributed by atoms with Gasteiger partial charge in [0.1, 0.15) is 5.54 Å². The van der Waals surface area contributed by atoms with Gasteiger partial charge in [0.2, 0.25) is 0 Å². The third kappa shape index (κ3) is 1.61. The van der Waals surface area contributed by atoms with Crippen LogP contribution in [0, 0.1) is 0 Å². The van der Waals surface area contributed by atoms with E-state index in [2.05, 4.69) is 27.1 Å². The van der Waals surface area contributed by atoms with Gasteiger partial charge in [-0.1, -0.05) is 6.58 Å². The third-order valence-electron chi connectivity index (χ3n) is 3.95. The van der Waals surface area contributed by atoms with Crippen LogP contribution in [0.3, 0.4) is 0 Å². The highest BCUT2D eigenvalue weighted by Crippen LogP contribution is 2.32. The monoisotopic (exact) mass is 288 g/mol. The minimum atomic E-state index is -0.587. The predicted octanol–water partition coefficient (Wildman–Crippen LogP) is 1.44. The number of carbonyl (C=O) groups excluding carboxylic acids is 1. The minimum absolute atomic E-state index is 0.0177. The first-order valence-electron chi connectivity index (χ1n) is 6.95. The number of anilines is 1. The largest absolute Gasteiger partial charge is 0.368 e. The van der Waals surface area contributed by atoms with Crippen LogP contribution < -0.4 is 15.5 Å². The van der Waals surface area contributed by atoms with Crippen LogP contribution in [0.4, 0.5) is 5.69 Å². The summed E-state index contributed by atoms with van der Waals surface area (Å²) in [6.07, 6.45) is 0.723. The third-order valence-corrected chi connectivity index (χ3v) is 4.73. The number of thiazole rings is 1. The maximum atomic E-state index is 12.1. The minimum Gasteiger partial charge on any atom is -0.368 e. The van der Waals surface area contributed by atoms with Crippen LogP contribution in [0.2, 0.25) is 0 Å². The summed E-state index contributed by atoms with van der Waals surface area (Å²) in [4.78, 5) is 18.5. The van der Waals surface area contributed by atoms with Crippen molar-refractivity contribution in [2.24, 2.45) is 0 Å². The maximum Gasteiger partial charge on any atom is 0.253 e. The smallest absolute Gasteiger partial charge is 0.253 e. The Labute approximate surface area is 121 Å². The van der Waals surface area contributed by atoms with Crippen molar-refractivity contribution in [3.8, 4) is 0 Å². The van der Waals surface area contributed by atoms with Crippen LogP contribution in [0.25, 0.3) is 10.2 Å². The van der Waals surface area contributed by atoms with Gasteiger partial charge in [0.25, 0.3) is 5.91 Å². The Morgan fingerprint density at radius 1 is 1.60 bits per heavy atom. The van der Waals surface area contributed by atoms with E-state index >= 15 is 0 Å². The van der Waals surface area contributed by atoms with Gasteiger partial charge in [0.05, 0.1) is 29.5 Å². The van der Waals surface area contributed by atoms with Crippen LogP contribution in [-0.2, 0) is 4.79 Å². The Kier molecular flexibility index (Phi) is 2.11. The highest BCUT2D eigenvalue weighted by Gasteiger charge is 2.48. The molecule has 1 atom stereocenters. The summed E-state index contributed by atoms with van der Waals surface area (Å²) >= 11 is 1.48. The number of rotatable bonds is 1. The summed E-state index contributed by atoms with van der Waals surface area (Å²) in [5.41, 5.74) is 2.96. The Hall–Kier alpha value is -2.08. The van der Waals surface area contributed by atoms with Gasteiger partial charge in [-0.25, -0.2) is 4.98 Å². The van der Waals surface area contributed by atoms with Crippen molar-refractivity contribution in [2.45, 2.75) is 12.0 Å². The summed E-state index contributed by atoms with van der Waals surface area (Å²) in [6.45, 7) is 5.11. The Morgan fingerprint density at radius 2 is 2.50 bits per heavy atom. The van der Waals surface area contributed by atoms with Gasteiger partial charge < -0.3 is 15.5 Å². The lowest BCUT2D eigenvalue weighted by atomic mass is 9.99. The molecule has 20 heavy (non-hydrogen) atoms. The molecule has 6 heteroatoms. The summed E-state index contributed by atoms with van der Waals surface area (Å²) in [5, 5.41) is 5.91. The standard InChI is InChI=1S/C14H14N4OS/c1-9-16-13(19)14(17-9)4-5-18(7-14)10-2-3-12-11(6-10)15-8-20-12/h2-3,6,8,17H,1,4-5,7H2,(H,16,19)/i3T. The number of amides is 1. The molecule has 2 saturated heterocycles. The average molecular weight is 288 g/mol. The molecule has 4 rings (SSSR count). The molecule has 2 aliphatic heterocycles. The van der Waals surface area contributed by atoms with Crippen molar-refractivity contribution in [1.29, 1.82) is 0 Å². The lowest BCUT2D eigenvalue weighted by molar-refractivity contribution is -0.123. The highest BCUT2D eigenvalue weighted by atomic mass is 32.1. The van der Waals surface area contributed by atoms with E-state index in [4.69, 9.17) is 1.37 Å². The van der Waals surface area contributed by atoms with Gasteiger partial charge in [-0.3, -0.25) is 4.79 Å². The zero-order chi connectivity index (χ0) is 14.6. The molecule has 1 aromatic heterocycles. The second kappa shape index (κ2) is 3.96. The fraction of sp³-hybridized carbons (Fsp3) is 0.286. The fourth-order valence-electron chi connectivity index (χ4n) is 2.92. The zero-order valence-corrected chi connectivity index (χ0v) is 11.6. The molecule has 2 aromatic rings. The van der Waals surface area contributed by atoms with Gasteiger partial charge in [-0.2, -0.15) is 0 Å². The lowest BCUT2D eigenvalue weighted by Gasteiger charge is -2.23. The molecule has 0 aliphatic carbocycles. The molecular weight excluding hydrogens is 272 g/mol. The molecular formula is C14H14N4OS. The second-order valence-electron chi connectivity index (χ2n) is 5.24. The van der Waals surface area contributed by atoms with Crippen molar-refractivity contribution in [2.75, 3.05) is 18.0 Å². The number of nitrogens with zero attached hydrogens (tertiary/aromatic N) is 2. The molecule has 102 valence electrons. The molecule has 0 radical (unpaired) electrons. The topological polar surface area (TPSA) is 57.3 Å². The first-order chi connectivity index (χ1) is 10.1. The zero-order valence-electron chi connectivity index (χ0n) is 11.8. The fourth-order valence-corrected chi connectivity index (χ4v) is 3.55. The second-order valence-corrected chi connectivity index (χ2v) is 6.09. The first kappa shape index (κ1) is 10.7. The summed E-state index contributed by atoms with van der Waals surface area (Å²) in [6, 6.07) is 4.32.